The Labute approximate surface area is 238 Å². The molecule has 5 rings (SSSR count). The van der Waals surface area contributed by atoms with Crippen LogP contribution in [0.5, 0.6) is 5.75 Å². The van der Waals surface area contributed by atoms with E-state index in [1.807, 2.05) is 0 Å². The molecule has 2 aromatic rings. The molecule has 210 valence electrons. The van der Waals surface area contributed by atoms with Crippen LogP contribution >= 0.6 is 23.4 Å². The van der Waals surface area contributed by atoms with Gasteiger partial charge >= 0.3 is 0 Å². The van der Waals surface area contributed by atoms with Crippen molar-refractivity contribution in [3.05, 3.63) is 75.5 Å². The number of aliphatic hydroxyl groups excluding tert-OH is 3. The average molecular weight is 587 g/mol. The van der Waals surface area contributed by atoms with Crippen LogP contribution in [0.1, 0.15) is 17.0 Å². The van der Waals surface area contributed by atoms with Gasteiger partial charge < -0.3 is 31.3 Å². The summed E-state index contributed by atoms with van der Waals surface area (Å²) < 4.78 is 0. The molecule has 2 aromatic carbocycles. The quantitative estimate of drug-likeness (QED) is 0.224. The molecular weight excluding hydrogens is 560 g/mol. The maximum Gasteiger partial charge on any atom is 0.255 e. The van der Waals surface area contributed by atoms with Gasteiger partial charge in [0.2, 0.25) is 5.78 Å². The number of aliphatic hydroxyl groups is 4. The number of thioether (sulfide) groups is 1. The van der Waals surface area contributed by atoms with Crippen molar-refractivity contribution in [1.82, 2.24) is 4.90 Å². The highest BCUT2D eigenvalue weighted by Gasteiger charge is 2.68. The third kappa shape index (κ3) is 3.95. The number of phenolic OH excluding ortho intramolecular Hbond substituents is 1. The number of nitrogens with zero attached hydrogens (tertiary/aromatic N) is 1. The first kappa shape index (κ1) is 28.2. The highest BCUT2D eigenvalue weighted by Crippen LogP contribution is 2.56. The van der Waals surface area contributed by atoms with Gasteiger partial charge in [-0.15, -0.1) is 11.8 Å². The second-order valence-corrected chi connectivity index (χ2v) is 11.9. The summed E-state index contributed by atoms with van der Waals surface area (Å²) in [6, 6.07) is 10.1. The van der Waals surface area contributed by atoms with Crippen molar-refractivity contribution < 1.29 is 39.9 Å². The van der Waals surface area contributed by atoms with E-state index in [0.29, 0.717) is 10.6 Å². The minimum atomic E-state index is -2.96. The van der Waals surface area contributed by atoms with Crippen LogP contribution in [-0.4, -0.2) is 85.5 Å². The normalized spacial score (nSPS) is 29.8. The minimum absolute atomic E-state index is 0.0484. The molecule has 3 aliphatic rings. The number of benzene rings is 2. The van der Waals surface area contributed by atoms with Crippen LogP contribution in [0.4, 0.5) is 0 Å². The van der Waals surface area contributed by atoms with Crippen LogP contribution < -0.4 is 5.73 Å². The first-order valence-corrected chi connectivity index (χ1v) is 13.7. The highest BCUT2D eigenvalue weighted by atomic mass is 35.5. The number of phenols is 1. The summed E-state index contributed by atoms with van der Waals surface area (Å²) in [5, 5.41) is 57.3. The number of carbonyl (C=O) groups is 3. The number of fused-ring (bicyclic) bond motifs is 3. The number of hydrogen-bond donors (Lipinski definition) is 6. The molecular formula is C28H27ClN2O8S. The summed E-state index contributed by atoms with van der Waals surface area (Å²) >= 11 is 7.39. The van der Waals surface area contributed by atoms with E-state index in [1.165, 1.54) is 36.8 Å². The lowest BCUT2D eigenvalue weighted by atomic mass is 9.54. The summed E-state index contributed by atoms with van der Waals surface area (Å²) in [5.41, 5.74) is 1.42. The zero-order chi connectivity index (χ0) is 29.3. The van der Waals surface area contributed by atoms with E-state index in [2.05, 4.69) is 0 Å². The zero-order valence-electron chi connectivity index (χ0n) is 21.4. The Kier molecular flexibility index (Phi) is 7.00. The Bertz CT molecular complexity index is 1500. The number of hydrogen-bond acceptors (Lipinski definition) is 10. The lowest BCUT2D eigenvalue weighted by molar-refractivity contribution is -0.169. The standard InChI is InChI=1S/C28H27ClN2O8S/c1-31(2)21-20-23(34)17-14(10-40-12-8-6-11(29)7-9-12)13-4-3-5-15(32)16(13)22(33)18(17)25(36)28(20,39)26(37)19(24(21)35)27(30)38/h3-9,14,17,20-21,23,32-34,37,39H,10H2,1-2H3,(H2,30,38)/t14-,17?,20?,21-,23-,28-/m0/s1. The van der Waals surface area contributed by atoms with E-state index in [4.69, 9.17) is 17.3 Å². The first-order chi connectivity index (χ1) is 18.8. The molecule has 6 atom stereocenters. The van der Waals surface area contributed by atoms with E-state index in [0.717, 1.165) is 4.90 Å². The van der Waals surface area contributed by atoms with Gasteiger partial charge in [-0.2, -0.15) is 0 Å². The lowest BCUT2D eigenvalue weighted by Crippen LogP contribution is -2.70. The van der Waals surface area contributed by atoms with Gasteiger partial charge in [-0.3, -0.25) is 19.3 Å². The fourth-order valence-electron chi connectivity index (χ4n) is 6.31. The van der Waals surface area contributed by atoms with Crippen LogP contribution in [0.3, 0.4) is 0 Å². The Hall–Kier alpha value is -3.35. The fourth-order valence-corrected chi connectivity index (χ4v) is 7.52. The maximum atomic E-state index is 14.1. The van der Waals surface area contributed by atoms with Crippen molar-refractivity contribution in [3.63, 3.8) is 0 Å². The molecule has 0 spiro atoms. The summed E-state index contributed by atoms with van der Waals surface area (Å²) in [4.78, 5) is 41.8. The van der Waals surface area contributed by atoms with Crippen molar-refractivity contribution in [3.8, 4) is 5.75 Å². The van der Waals surface area contributed by atoms with Gasteiger partial charge in [-0.05, 0) is 50.0 Å². The van der Waals surface area contributed by atoms with E-state index < -0.39 is 75.6 Å². The number of primary amides is 1. The van der Waals surface area contributed by atoms with E-state index in [1.54, 1.807) is 36.4 Å². The topological polar surface area (TPSA) is 182 Å². The molecule has 1 amide bonds. The summed E-state index contributed by atoms with van der Waals surface area (Å²) in [5.74, 6) is -8.98. The van der Waals surface area contributed by atoms with Crippen LogP contribution in [0.2, 0.25) is 5.02 Å². The molecule has 0 heterocycles. The van der Waals surface area contributed by atoms with Gasteiger partial charge in [0.05, 0.1) is 23.6 Å². The second kappa shape index (κ2) is 9.93. The summed E-state index contributed by atoms with van der Waals surface area (Å²) in [6.45, 7) is 0. The van der Waals surface area contributed by atoms with Crippen molar-refractivity contribution >= 4 is 46.6 Å². The predicted octanol–water partition coefficient (Wildman–Crippen LogP) is 1.92. The molecule has 1 fully saturated rings. The fraction of sp³-hybridized carbons (Fsp3) is 0.321. The second-order valence-electron chi connectivity index (χ2n) is 10.4. The van der Waals surface area contributed by atoms with Gasteiger partial charge in [0.25, 0.3) is 5.91 Å². The number of halogens is 1. The minimum Gasteiger partial charge on any atom is -0.508 e. The molecule has 0 saturated heterocycles. The van der Waals surface area contributed by atoms with Crippen LogP contribution in [0.15, 0.2) is 64.3 Å². The molecule has 7 N–H and O–H groups in total. The maximum absolute atomic E-state index is 14.1. The van der Waals surface area contributed by atoms with Crippen molar-refractivity contribution in [2.45, 2.75) is 28.6 Å². The third-order valence-corrected chi connectivity index (χ3v) is 9.42. The van der Waals surface area contributed by atoms with Gasteiger partial charge in [-0.25, -0.2) is 0 Å². The van der Waals surface area contributed by atoms with E-state index in [-0.39, 0.29) is 17.1 Å². The molecule has 2 unspecified atom stereocenters. The molecule has 0 aliphatic heterocycles. The van der Waals surface area contributed by atoms with Gasteiger partial charge in [0.1, 0.15) is 22.8 Å². The van der Waals surface area contributed by atoms with Crippen LogP contribution in [-0.2, 0) is 14.4 Å². The number of amides is 1. The molecule has 3 aliphatic carbocycles. The summed E-state index contributed by atoms with van der Waals surface area (Å²) in [6.07, 6.45) is -1.67. The van der Waals surface area contributed by atoms with Gasteiger partial charge in [0, 0.05) is 33.1 Å². The van der Waals surface area contributed by atoms with E-state index >= 15 is 0 Å². The Morgan fingerprint density at radius 3 is 2.35 bits per heavy atom. The molecule has 12 heteroatoms. The van der Waals surface area contributed by atoms with Crippen LogP contribution in [0.25, 0.3) is 5.76 Å². The van der Waals surface area contributed by atoms with Gasteiger partial charge in [-0.1, -0.05) is 23.7 Å². The molecule has 40 heavy (non-hydrogen) atoms. The third-order valence-electron chi connectivity index (χ3n) is 8.04. The molecule has 10 nitrogen and oxygen atoms in total. The Morgan fingerprint density at radius 1 is 1.10 bits per heavy atom. The van der Waals surface area contributed by atoms with Crippen molar-refractivity contribution in [1.29, 1.82) is 0 Å². The number of nitrogens with two attached hydrogens (primary N) is 1. The Balaban J connectivity index is 1.73. The zero-order valence-corrected chi connectivity index (χ0v) is 23.0. The number of Topliss-reactive ketones (excluding diaryl/α,β-unsaturated/α-hetero) is 2. The average Bonchev–Trinajstić information content (AvgIpc) is 2.89. The van der Waals surface area contributed by atoms with E-state index in [9.17, 15) is 39.9 Å². The number of aromatic hydroxyl groups is 1. The van der Waals surface area contributed by atoms with Crippen molar-refractivity contribution in [2.24, 2.45) is 17.6 Å². The van der Waals surface area contributed by atoms with Crippen molar-refractivity contribution in [2.75, 3.05) is 19.8 Å². The number of rotatable bonds is 5. The largest absolute Gasteiger partial charge is 0.508 e. The molecule has 0 radical (unpaired) electrons. The molecule has 0 aromatic heterocycles. The smallest absolute Gasteiger partial charge is 0.255 e. The SMILES string of the molecule is CN(C)[C@@H]1C(=O)C(C(N)=O)=C(O)[C@@]2(O)C(=O)C3=C(O)c4c(O)cccc4[C@H](CSc4ccc(Cl)cc4)C3[C@H](O)C12. The summed E-state index contributed by atoms with van der Waals surface area (Å²) in [7, 11) is 2.93. The number of likely N-dealkylation sites (N-methyl/N-ethyl adjacent to an activating group) is 1. The number of carbonyl (C=O) groups excluding carboxylic acids is 3. The van der Waals surface area contributed by atoms with Gasteiger partial charge in [0.15, 0.2) is 11.4 Å². The lowest BCUT2D eigenvalue weighted by Gasteiger charge is -2.54. The first-order valence-electron chi connectivity index (χ1n) is 12.3. The van der Waals surface area contributed by atoms with Crippen LogP contribution in [0, 0.1) is 11.8 Å². The monoisotopic (exact) mass is 586 g/mol. The number of ketones is 2. The highest BCUT2D eigenvalue weighted by molar-refractivity contribution is 7.99. The molecule has 1 saturated carbocycles. The Morgan fingerprint density at radius 2 is 1.75 bits per heavy atom. The predicted molar refractivity (Wildman–Crippen MR) is 147 cm³/mol. The molecule has 0 bridgehead atoms.